The van der Waals surface area contributed by atoms with E-state index in [2.05, 4.69) is 10.3 Å². The molecule has 0 fully saturated rings. The molecule has 4 heteroatoms. The van der Waals surface area contributed by atoms with Crippen LogP contribution in [0.2, 0.25) is 5.02 Å². The van der Waals surface area contributed by atoms with Gasteiger partial charge in [-0.2, -0.15) is 0 Å². The Hall–Kier alpha value is -1.58. The molecule has 2 rings (SSSR count). The lowest BCUT2D eigenvalue weighted by molar-refractivity contribution is 0.223. The lowest BCUT2D eigenvalue weighted by atomic mass is 9.93. The Morgan fingerprint density at radius 2 is 1.94 bits per heavy atom. The molecule has 0 aliphatic rings. The van der Waals surface area contributed by atoms with Gasteiger partial charge >= 0.3 is 0 Å². The lowest BCUT2D eigenvalue weighted by Crippen LogP contribution is -2.36. The van der Waals surface area contributed by atoms with Crippen molar-refractivity contribution in [2.24, 2.45) is 0 Å². The smallest absolute Gasteiger partial charge is 0.145 e. The first-order chi connectivity index (χ1) is 8.65. The van der Waals surface area contributed by atoms with Gasteiger partial charge in [-0.25, -0.2) is 4.98 Å². The number of pyridine rings is 1. The summed E-state index contributed by atoms with van der Waals surface area (Å²) in [6.45, 7) is 1.86. The van der Waals surface area contributed by atoms with E-state index >= 15 is 0 Å². The van der Waals surface area contributed by atoms with Crippen LogP contribution in [0.1, 0.15) is 12.5 Å². The minimum absolute atomic E-state index is 0.0517. The van der Waals surface area contributed by atoms with Crippen LogP contribution in [-0.2, 0) is 5.54 Å². The zero-order valence-electron chi connectivity index (χ0n) is 10.1. The fraction of sp³-hybridized carbons (Fsp3) is 0.214. The monoisotopic (exact) mass is 262 g/mol. The average molecular weight is 263 g/mol. The van der Waals surface area contributed by atoms with Gasteiger partial charge in [0.25, 0.3) is 0 Å². The zero-order chi connectivity index (χ0) is 13.0. The van der Waals surface area contributed by atoms with Crippen LogP contribution in [0.4, 0.5) is 5.82 Å². The average Bonchev–Trinajstić information content (AvgIpc) is 2.42. The first-order valence-electron chi connectivity index (χ1n) is 5.71. The summed E-state index contributed by atoms with van der Waals surface area (Å²) in [6.07, 6.45) is 1.66. The molecule has 94 valence electrons. The van der Waals surface area contributed by atoms with Crippen LogP contribution in [0, 0.1) is 0 Å². The number of anilines is 1. The highest BCUT2D eigenvalue weighted by Gasteiger charge is 2.26. The van der Waals surface area contributed by atoms with Crippen molar-refractivity contribution >= 4 is 17.4 Å². The van der Waals surface area contributed by atoms with Gasteiger partial charge in [0.2, 0.25) is 0 Å². The van der Waals surface area contributed by atoms with E-state index in [1.807, 2.05) is 37.3 Å². The molecule has 0 spiro atoms. The molecular weight excluding hydrogens is 248 g/mol. The Kier molecular flexibility index (Phi) is 3.84. The SMILES string of the molecule is CC(CO)(Nc1ncccc1Cl)c1ccccc1. The zero-order valence-corrected chi connectivity index (χ0v) is 10.9. The molecule has 18 heavy (non-hydrogen) atoms. The molecule has 0 bridgehead atoms. The van der Waals surface area contributed by atoms with Gasteiger partial charge in [-0.1, -0.05) is 41.9 Å². The van der Waals surface area contributed by atoms with Crippen molar-refractivity contribution < 1.29 is 5.11 Å². The fourth-order valence-corrected chi connectivity index (χ4v) is 1.92. The highest BCUT2D eigenvalue weighted by Crippen LogP contribution is 2.28. The molecule has 2 aromatic rings. The summed E-state index contributed by atoms with van der Waals surface area (Å²) < 4.78 is 0. The van der Waals surface area contributed by atoms with E-state index in [1.165, 1.54) is 0 Å². The third-order valence-electron chi connectivity index (χ3n) is 2.88. The van der Waals surface area contributed by atoms with Crippen LogP contribution in [-0.4, -0.2) is 16.7 Å². The van der Waals surface area contributed by atoms with Crippen molar-refractivity contribution in [3.63, 3.8) is 0 Å². The van der Waals surface area contributed by atoms with Crippen molar-refractivity contribution in [1.82, 2.24) is 4.98 Å². The second-order valence-electron chi connectivity index (χ2n) is 4.32. The summed E-state index contributed by atoms with van der Waals surface area (Å²) in [5.74, 6) is 0.569. The van der Waals surface area contributed by atoms with Crippen molar-refractivity contribution in [3.05, 3.63) is 59.2 Å². The van der Waals surface area contributed by atoms with Gasteiger partial charge in [-0.05, 0) is 24.6 Å². The molecule has 0 aliphatic heterocycles. The number of hydrogen-bond donors (Lipinski definition) is 2. The van der Waals surface area contributed by atoms with Crippen LogP contribution >= 0.6 is 11.6 Å². The van der Waals surface area contributed by atoms with Crippen LogP contribution < -0.4 is 5.32 Å². The summed E-state index contributed by atoms with van der Waals surface area (Å²) in [5.41, 5.74) is 0.369. The number of nitrogens with zero attached hydrogens (tertiary/aromatic N) is 1. The number of aliphatic hydroxyl groups is 1. The molecule has 0 aliphatic carbocycles. The molecule has 1 heterocycles. The number of aliphatic hydroxyl groups excluding tert-OH is 1. The lowest BCUT2D eigenvalue weighted by Gasteiger charge is -2.30. The fourth-order valence-electron chi connectivity index (χ4n) is 1.75. The topological polar surface area (TPSA) is 45.1 Å². The van der Waals surface area contributed by atoms with E-state index < -0.39 is 5.54 Å². The third kappa shape index (κ3) is 2.63. The molecule has 1 aromatic heterocycles. The van der Waals surface area contributed by atoms with Crippen molar-refractivity contribution in [1.29, 1.82) is 0 Å². The molecule has 1 unspecified atom stereocenters. The van der Waals surface area contributed by atoms with E-state index in [0.29, 0.717) is 10.8 Å². The summed E-state index contributed by atoms with van der Waals surface area (Å²) in [7, 11) is 0. The van der Waals surface area contributed by atoms with Crippen LogP contribution in [0.15, 0.2) is 48.7 Å². The highest BCUT2D eigenvalue weighted by molar-refractivity contribution is 6.32. The van der Waals surface area contributed by atoms with Gasteiger partial charge in [0, 0.05) is 6.20 Å². The van der Waals surface area contributed by atoms with Gasteiger partial charge in [0.1, 0.15) is 5.82 Å². The van der Waals surface area contributed by atoms with Crippen LogP contribution in [0.5, 0.6) is 0 Å². The predicted molar refractivity (Wildman–Crippen MR) is 73.7 cm³/mol. The minimum atomic E-state index is -0.612. The van der Waals surface area contributed by atoms with E-state index in [-0.39, 0.29) is 6.61 Å². The minimum Gasteiger partial charge on any atom is -0.394 e. The molecule has 0 saturated heterocycles. The molecule has 2 N–H and O–H groups in total. The van der Waals surface area contributed by atoms with Gasteiger partial charge in [0.05, 0.1) is 17.2 Å². The maximum atomic E-state index is 9.66. The first kappa shape index (κ1) is 12.9. The Bertz CT molecular complexity index is 518. The summed E-state index contributed by atoms with van der Waals surface area (Å²) in [4.78, 5) is 4.18. The van der Waals surface area contributed by atoms with E-state index in [4.69, 9.17) is 11.6 Å². The molecule has 1 aromatic carbocycles. The largest absolute Gasteiger partial charge is 0.394 e. The summed E-state index contributed by atoms with van der Waals surface area (Å²) in [5, 5.41) is 13.4. The number of benzene rings is 1. The first-order valence-corrected chi connectivity index (χ1v) is 6.08. The third-order valence-corrected chi connectivity index (χ3v) is 3.18. The normalized spacial score (nSPS) is 13.9. The molecule has 0 saturated carbocycles. The predicted octanol–water partition coefficient (Wildman–Crippen LogP) is 3.05. The highest BCUT2D eigenvalue weighted by atomic mass is 35.5. The second-order valence-corrected chi connectivity index (χ2v) is 4.72. The number of nitrogens with one attached hydrogen (secondary N) is 1. The molecule has 3 nitrogen and oxygen atoms in total. The van der Waals surface area contributed by atoms with Gasteiger partial charge in [0.15, 0.2) is 0 Å². The Balaban J connectivity index is 2.32. The quantitative estimate of drug-likeness (QED) is 0.890. The molecule has 1 atom stereocenters. The maximum Gasteiger partial charge on any atom is 0.145 e. The van der Waals surface area contributed by atoms with Gasteiger partial charge in [-0.15, -0.1) is 0 Å². The molecule has 0 radical (unpaired) electrons. The van der Waals surface area contributed by atoms with Gasteiger partial charge in [-0.3, -0.25) is 0 Å². The van der Waals surface area contributed by atoms with E-state index in [1.54, 1.807) is 18.3 Å². The number of hydrogen-bond acceptors (Lipinski definition) is 3. The second kappa shape index (κ2) is 5.38. The number of rotatable bonds is 4. The summed E-state index contributed by atoms with van der Waals surface area (Å²) in [6, 6.07) is 13.3. The number of aromatic nitrogens is 1. The van der Waals surface area contributed by atoms with Gasteiger partial charge < -0.3 is 10.4 Å². The maximum absolute atomic E-state index is 9.66. The van der Waals surface area contributed by atoms with E-state index in [9.17, 15) is 5.11 Å². The standard InChI is InChI=1S/C14H15ClN2O/c1-14(10-18,11-6-3-2-4-7-11)17-13-12(15)8-5-9-16-13/h2-9,18H,10H2,1H3,(H,16,17). The molecular formula is C14H15ClN2O. The Labute approximate surface area is 111 Å². The Morgan fingerprint density at radius 3 is 2.56 bits per heavy atom. The molecule has 0 amide bonds. The van der Waals surface area contributed by atoms with Crippen LogP contribution in [0.25, 0.3) is 0 Å². The van der Waals surface area contributed by atoms with Crippen molar-refractivity contribution in [2.75, 3.05) is 11.9 Å². The number of halogens is 1. The summed E-state index contributed by atoms with van der Waals surface area (Å²) >= 11 is 6.07. The van der Waals surface area contributed by atoms with Crippen molar-refractivity contribution in [2.45, 2.75) is 12.5 Å². The Morgan fingerprint density at radius 1 is 1.22 bits per heavy atom. The van der Waals surface area contributed by atoms with Crippen molar-refractivity contribution in [3.8, 4) is 0 Å². The van der Waals surface area contributed by atoms with Crippen LogP contribution in [0.3, 0.4) is 0 Å². The van der Waals surface area contributed by atoms with E-state index in [0.717, 1.165) is 5.56 Å².